The van der Waals surface area contributed by atoms with E-state index in [0.29, 0.717) is 16.8 Å². The zero-order valence-electron chi connectivity index (χ0n) is 14.2. The molecule has 1 N–H and O–H groups in total. The van der Waals surface area contributed by atoms with E-state index in [1.807, 2.05) is 0 Å². The van der Waals surface area contributed by atoms with Crippen LogP contribution >= 0.6 is 11.6 Å². The van der Waals surface area contributed by atoms with Crippen molar-refractivity contribution in [1.29, 1.82) is 5.26 Å². The summed E-state index contributed by atoms with van der Waals surface area (Å²) >= 11 is 5.93. The van der Waals surface area contributed by atoms with Gasteiger partial charge in [-0.3, -0.25) is 9.71 Å². The van der Waals surface area contributed by atoms with Crippen LogP contribution in [0.3, 0.4) is 0 Å². The molecule has 3 aromatic rings. The second-order valence-corrected chi connectivity index (χ2v) is 7.64. The molecule has 0 unspecified atom stereocenters. The van der Waals surface area contributed by atoms with E-state index in [1.54, 1.807) is 42.6 Å². The third-order valence-electron chi connectivity index (χ3n) is 3.75. The first kappa shape index (κ1) is 18.7. The smallest absolute Gasteiger partial charge is 0.265 e. The minimum absolute atomic E-state index is 0.0683. The Kier molecular flexibility index (Phi) is 5.31. The van der Waals surface area contributed by atoms with Gasteiger partial charge in [-0.1, -0.05) is 23.7 Å². The normalized spacial score (nSPS) is 10.9. The van der Waals surface area contributed by atoms with Gasteiger partial charge >= 0.3 is 0 Å². The van der Waals surface area contributed by atoms with Crippen molar-refractivity contribution in [2.75, 3.05) is 11.8 Å². The van der Waals surface area contributed by atoms with E-state index < -0.39 is 10.0 Å². The van der Waals surface area contributed by atoms with E-state index in [2.05, 4.69) is 15.8 Å². The summed E-state index contributed by atoms with van der Waals surface area (Å²) in [5, 5.41) is 9.16. The van der Waals surface area contributed by atoms with Gasteiger partial charge in [0, 0.05) is 16.8 Å². The zero-order valence-corrected chi connectivity index (χ0v) is 15.8. The first-order chi connectivity index (χ1) is 12.9. The zero-order chi connectivity index (χ0) is 19.4. The molecule has 0 fully saturated rings. The molecule has 0 aliphatic carbocycles. The lowest BCUT2D eigenvalue weighted by atomic mass is 10.1. The van der Waals surface area contributed by atoms with Crippen molar-refractivity contribution in [3.8, 4) is 22.9 Å². The molecule has 6 nitrogen and oxygen atoms in total. The number of sulfonamides is 1. The quantitative estimate of drug-likeness (QED) is 0.697. The molecule has 8 heteroatoms. The summed E-state index contributed by atoms with van der Waals surface area (Å²) in [7, 11) is -2.55. The van der Waals surface area contributed by atoms with Gasteiger partial charge in [-0.2, -0.15) is 5.26 Å². The fourth-order valence-corrected chi connectivity index (χ4v) is 3.93. The Morgan fingerprint density at radius 3 is 2.48 bits per heavy atom. The number of halogens is 1. The molecule has 27 heavy (non-hydrogen) atoms. The van der Waals surface area contributed by atoms with Crippen LogP contribution in [0.4, 0.5) is 5.69 Å². The van der Waals surface area contributed by atoms with E-state index in [9.17, 15) is 8.42 Å². The van der Waals surface area contributed by atoms with Gasteiger partial charge in [-0.15, -0.1) is 0 Å². The third-order valence-corrected chi connectivity index (χ3v) is 5.39. The van der Waals surface area contributed by atoms with Crippen molar-refractivity contribution >= 4 is 27.3 Å². The lowest BCUT2D eigenvalue weighted by Gasteiger charge is -2.12. The average Bonchev–Trinajstić information content (AvgIpc) is 2.68. The lowest BCUT2D eigenvalue weighted by Crippen LogP contribution is -2.14. The van der Waals surface area contributed by atoms with Crippen molar-refractivity contribution in [3.05, 3.63) is 71.5 Å². The molecule has 0 spiro atoms. The Bertz CT molecular complexity index is 1120. The predicted molar refractivity (Wildman–Crippen MR) is 103 cm³/mol. The summed E-state index contributed by atoms with van der Waals surface area (Å²) in [4.78, 5) is 4.02. The van der Waals surface area contributed by atoms with Gasteiger partial charge in [0.15, 0.2) is 0 Å². The van der Waals surface area contributed by atoms with Crippen molar-refractivity contribution in [2.45, 2.75) is 4.90 Å². The molecule has 0 atom stereocenters. The van der Waals surface area contributed by atoms with Crippen LogP contribution in [0.1, 0.15) is 5.56 Å². The summed E-state index contributed by atoms with van der Waals surface area (Å²) in [5.74, 6) is 0.183. The van der Waals surface area contributed by atoms with E-state index in [-0.39, 0.29) is 15.7 Å². The van der Waals surface area contributed by atoms with E-state index in [0.717, 1.165) is 5.56 Å². The maximum atomic E-state index is 12.8. The summed E-state index contributed by atoms with van der Waals surface area (Å²) in [6.45, 7) is 0. The van der Waals surface area contributed by atoms with Gasteiger partial charge in [0.05, 0.1) is 30.6 Å². The first-order valence-electron chi connectivity index (χ1n) is 7.75. The Morgan fingerprint density at radius 2 is 1.81 bits per heavy atom. The molecular weight excluding hydrogens is 386 g/mol. The number of rotatable bonds is 5. The molecule has 0 amide bonds. The number of anilines is 1. The summed E-state index contributed by atoms with van der Waals surface area (Å²) in [5.41, 5.74) is 2.34. The molecule has 0 aliphatic heterocycles. The molecule has 0 saturated heterocycles. The highest BCUT2D eigenvalue weighted by Gasteiger charge is 2.20. The fraction of sp³-hybridized carbons (Fsp3) is 0.0526. The molecule has 0 aliphatic rings. The van der Waals surface area contributed by atoms with Crippen molar-refractivity contribution in [2.24, 2.45) is 0 Å². The number of pyridine rings is 1. The van der Waals surface area contributed by atoms with Crippen LogP contribution in [-0.2, 0) is 10.0 Å². The number of aromatic nitrogens is 1. The van der Waals surface area contributed by atoms with Crippen LogP contribution in [0.15, 0.2) is 65.8 Å². The maximum absolute atomic E-state index is 12.8. The first-order valence-corrected chi connectivity index (χ1v) is 9.61. The van der Waals surface area contributed by atoms with Crippen LogP contribution in [0.2, 0.25) is 5.02 Å². The van der Waals surface area contributed by atoms with Crippen LogP contribution in [-0.4, -0.2) is 20.5 Å². The van der Waals surface area contributed by atoms with Gasteiger partial charge < -0.3 is 4.74 Å². The van der Waals surface area contributed by atoms with Gasteiger partial charge in [-0.25, -0.2) is 8.42 Å². The summed E-state index contributed by atoms with van der Waals surface area (Å²) in [6, 6.07) is 15.0. The number of nitrogens with zero attached hydrogens (tertiary/aromatic N) is 2. The van der Waals surface area contributed by atoms with E-state index in [1.165, 1.54) is 25.4 Å². The monoisotopic (exact) mass is 399 g/mol. The predicted octanol–water partition coefficient (Wildman–Crippen LogP) is 4.08. The van der Waals surface area contributed by atoms with Gasteiger partial charge in [0.25, 0.3) is 10.0 Å². The summed E-state index contributed by atoms with van der Waals surface area (Å²) < 4.78 is 33.1. The van der Waals surface area contributed by atoms with Gasteiger partial charge in [0.1, 0.15) is 10.6 Å². The van der Waals surface area contributed by atoms with Crippen LogP contribution in [0.25, 0.3) is 11.1 Å². The Hall–Kier alpha value is -3.08. The topological polar surface area (TPSA) is 92.1 Å². The lowest BCUT2D eigenvalue weighted by molar-refractivity contribution is 0.403. The van der Waals surface area contributed by atoms with Crippen molar-refractivity contribution < 1.29 is 13.2 Å². The van der Waals surface area contributed by atoms with Crippen LogP contribution < -0.4 is 9.46 Å². The Labute approximate surface area is 162 Å². The Morgan fingerprint density at radius 1 is 1.07 bits per heavy atom. The third kappa shape index (κ3) is 4.19. The second-order valence-electron chi connectivity index (χ2n) is 5.55. The standard InChI is InChI=1S/C19H14ClN3O3S/c1-26-18-7-6-16(20)9-19(18)27(24,25)23-17-8-15(11-22-12-17)14-4-2-13(10-21)3-5-14/h2-9,11-12,23H,1H3. The van der Waals surface area contributed by atoms with Gasteiger partial charge in [-0.05, 0) is 42.0 Å². The summed E-state index contributed by atoms with van der Waals surface area (Å²) in [6.07, 6.45) is 3.01. The minimum atomic E-state index is -3.93. The van der Waals surface area contributed by atoms with Crippen molar-refractivity contribution in [1.82, 2.24) is 4.98 Å². The SMILES string of the molecule is COc1ccc(Cl)cc1S(=O)(=O)Nc1cncc(-c2ccc(C#N)cc2)c1. The molecule has 3 rings (SSSR count). The number of ether oxygens (including phenoxy) is 1. The number of methoxy groups -OCH3 is 1. The molecule has 2 aromatic carbocycles. The molecule has 1 heterocycles. The molecule has 0 saturated carbocycles. The van der Waals surface area contributed by atoms with Crippen LogP contribution in [0.5, 0.6) is 5.75 Å². The number of nitrogens with one attached hydrogen (secondary N) is 1. The second kappa shape index (κ2) is 7.66. The van der Waals surface area contributed by atoms with Crippen molar-refractivity contribution in [3.63, 3.8) is 0 Å². The molecule has 0 radical (unpaired) electrons. The number of hydrogen-bond donors (Lipinski definition) is 1. The van der Waals surface area contributed by atoms with E-state index in [4.69, 9.17) is 21.6 Å². The number of benzene rings is 2. The molecule has 136 valence electrons. The highest BCUT2D eigenvalue weighted by atomic mass is 35.5. The number of hydrogen-bond acceptors (Lipinski definition) is 5. The molecule has 0 bridgehead atoms. The van der Waals surface area contributed by atoms with Gasteiger partial charge in [0.2, 0.25) is 0 Å². The maximum Gasteiger partial charge on any atom is 0.265 e. The Balaban J connectivity index is 1.94. The highest BCUT2D eigenvalue weighted by Crippen LogP contribution is 2.29. The largest absolute Gasteiger partial charge is 0.495 e. The fourth-order valence-electron chi connectivity index (χ4n) is 2.46. The van der Waals surface area contributed by atoms with E-state index >= 15 is 0 Å². The van der Waals surface area contributed by atoms with Crippen LogP contribution in [0, 0.1) is 11.3 Å². The average molecular weight is 400 g/mol. The minimum Gasteiger partial charge on any atom is -0.495 e. The molecule has 1 aromatic heterocycles. The highest BCUT2D eigenvalue weighted by molar-refractivity contribution is 7.92. The molecular formula is C19H14ClN3O3S. The number of nitriles is 1.